The van der Waals surface area contributed by atoms with Gasteiger partial charge in [-0.25, -0.2) is 0 Å². The Bertz CT molecular complexity index is 530. The first-order valence-electron chi connectivity index (χ1n) is 4.42. The molecule has 1 aliphatic heterocycles. The molecule has 1 N–H and O–H groups in total. The molecule has 1 heterocycles. The Morgan fingerprint density at radius 2 is 2.06 bits per heavy atom. The molecule has 2 rings (SSSR count). The Kier molecular flexibility index (Phi) is 2.23. The lowest BCUT2D eigenvalue weighted by Crippen LogP contribution is -2.41. The molecule has 0 aliphatic carbocycles. The molecule has 1 aromatic rings. The molecular weight excluding hydrogens is 208 g/mol. The second kappa shape index (κ2) is 3.56. The summed E-state index contributed by atoms with van der Waals surface area (Å²) in [6.07, 6.45) is 1.40. The highest BCUT2D eigenvalue weighted by Gasteiger charge is 2.43. The maximum atomic E-state index is 11.2. The van der Waals surface area contributed by atoms with Crippen LogP contribution in [-0.4, -0.2) is 23.6 Å². The van der Waals surface area contributed by atoms with E-state index in [0.29, 0.717) is 11.3 Å². The van der Waals surface area contributed by atoms with Crippen LogP contribution in [0.1, 0.15) is 5.56 Å². The molecule has 0 fully saturated rings. The molecule has 0 saturated heterocycles. The highest BCUT2D eigenvalue weighted by atomic mass is 16.4. The average Bonchev–Trinajstić information content (AvgIpc) is 2.79. The van der Waals surface area contributed by atoms with Crippen LogP contribution in [0.5, 0.6) is 0 Å². The molecule has 1 amide bonds. The molecule has 0 bridgehead atoms. The van der Waals surface area contributed by atoms with Gasteiger partial charge in [0.2, 0.25) is 5.69 Å². The molecule has 1 aromatic carbocycles. The molecule has 16 heavy (non-hydrogen) atoms. The lowest BCUT2D eigenvalue weighted by molar-refractivity contribution is 0.151. The van der Waals surface area contributed by atoms with Gasteiger partial charge in [0, 0.05) is 12.1 Å². The zero-order chi connectivity index (χ0) is 11.6. The maximum absolute atomic E-state index is 11.2. The number of nitriles is 1. The number of hydrogen-bond acceptors (Lipinski definition) is 4. The van der Waals surface area contributed by atoms with Crippen LogP contribution in [0, 0.1) is 11.3 Å². The molecule has 1 aliphatic rings. The second-order valence-electron chi connectivity index (χ2n) is 3.08. The van der Waals surface area contributed by atoms with Crippen molar-refractivity contribution in [3.8, 4) is 6.07 Å². The van der Waals surface area contributed by atoms with E-state index in [-0.39, 0.29) is 0 Å². The van der Waals surface area contributed by atoms with Gasteiger partial charge < -0.3 is 5.11 Å². The molecule has 0 aromatic heterocycles. The van der Waals surface area contributed by atoms with Gasteiger partial charge >= 0.3 is 6.09 Å². The van der Waals surface area contributed by atoms with Crippen LogP contribution < -0.4 is 4.70 Å². The molecule has 0 saturated carbocycles. The first-order chi connectivity index (χ1) is 7.69. The van der Waals surface area contributed by atoms with Crippen molar-refractivity contribution in [2.45, 2.75) is 0 Å². The van der Waals surface area contributed by atoms with Crippen LogP contribution in [0.4, 0.5) is 10.5 Å². The van der Waals surface area contributed by atoms with Gasteiger partial charge in [0.25, 0.3) is 0 Å². The fourth-order valence-corrected chi connectivity index (χ4v) is 1.39. The summed E-state index contributed by atoms with van der Waals surface area (Å²) in [5, 5.41) is 25.5. The van der Waals surface area contributed by atoms with Gasteiger partial charge in [-0.05, 0) is 16.3 Å². The predicted octanol–water partition coefficient (Wildman–Crippen LogP) is 1.53. The Balaban J connectivity index is 2.58. The minimum absolute atomic E-state index is 0.316. The van der Waals surface area contributed by atoms with Gasteiger partial charge in [-0.3, -0.25) is 0 Å². The van der Waals surface area contributed by atoms with Gasteiger partial charge in [0.1, 0.15) is 12.4 Å². The number of carboxylic acid groups (broad SMARTS) is 1. The zero-order valence-corrected chi connectivity index (χ0v) is 8.11. The summed E-state index contributed by atoms with van der Waals surface area (Å²) in [6.45, 7) is 0. The van der Waals surface area contributed by atoms with Gasteiger partial charge in [-0.15, -0.1) is 0 Å². The van der Waals surface area contributed by atoms with Crippen LogP contribution in [0.2, 0.25) is 0 Å². The van der Waals surface area contributed by atoms with Crippen molar-refractivity contribution in [3.63, 3.8) is 0 Å². The molecule has 78 valence electrons. The average molecular weight is 215 g/mol. The van der Waals surface area contributed by atoms with E-state index in [4.69, 9.17) is 10.4 Å². The summed E-state index contributed by atoms with van der Waals surface area (Å²) in [4.78, 5) is 11.2. The van der Waals surface area contributed by atoms with E-state index in [2.05, 4.69) is 10.2 Å². The second-order valence-corrected chi connectivity index (χ2v) is 3.08. The summed E-state index contributed by atoms with van der Waals surface area (Å²) < 4.78 is -0.893. The van der Waals surface area contributed by atoms with Gasteiger partial charge in [-0.1, -0.05) is 6.07 Å². The fourth-order valence-electron chi connectivity index (χ4n) is 1.39. The number of amides is 1. The van der Waals surface area contributed by atoms with E-state index in [0.717, 1.165) is 0 Å². The summed E-state index contributed by atoms with van der Waals surface area (Å²) in [6, 6.07) is 8.14. The van der Waals surface area contributed by atoms with E-state index in [1.165, 1.54) is 18.5 Å². The predicted molar refractivity (Wildman–Crippen MR) is 58.0 cm³/mol. The van der Waals surface area contributed by atoms with Crippen LogP contribution in [0.25, 0.3) is 0 Å². The minimum Gasteiger partial charge on any atom is -0.431 e. The molecule has 6 heteroatoms. The Morgan fingerprint density at radius 3 is 2.62 bits per heavy atom. The lowest BCUT2D eigenvalue weighted by atomic mass is 10.2. The van der Waals surface area contributed by atoms with Crippen molar-refractivity contribution >= 4 is 24.2 Å². The van der Waals surface area contributed by atoms with Crippen molar-refractivity contribution in [1.82, 2.24) is 4.70 Å². The van der Waals surface area contributed by atoms with Crippen molar-refractivity contribution in [2.24, 2.45) is 10.2 Å². The van der Waals surface area contributed by atoms with Crippen molar-refractivity contribution in [1.29, 1.82) is 5.26 Å². The molecule has 0 radical (unpaired) electrons. The number of carbonyl (C=O) groups is 1. The van der Waals surface area contributed by atoms with Crippen molar-refractivity contribution < 1.29 is 9.90 Å². The minimum atomic E-state index is -1.22. The summed E-state index contributed by atoms with van der Waals surface area (Å²) in [7, 11) is 0. The van der Waals surface area contributed by atoms with Crippen molar-refractivity contribution in [2.75, 3.05) is 0 Å². The van der Waals surface area contributed by atoms with Gasteiger partial charge in [0.05, 0.1) is 16.3 Å². The molecule has 0 atom stereocenters. The van der Waals surface area contributed by atoms with E-state index >= 15 is 0 Å². The fraction of sp³-hybridized carbons (Fsp3) is 0. The Hall–Kier alpha value is -2.52. The quantitative estimate of drug-likeness (QED) is 0.720. The van der Waals surface area contributed by atoms with Crippen LogP contribution in [0.3, 0.4) is 0 Å². The van der Waals surface area contributed by atoms with Crippen LogP contribution in [0.15, 0.2) is 34.5 Å². The maximum Gasteiger partial charge on any atom is 0.574 e. The number of nitrogens with zero attached hydrogens (tertiary/aromatic N) is 4. The van der Waals surface area contributed by atoms with Crippen molar-refractivity contribution in [3.05, 3.63) is 29.8 Å². The number of hydrogen-bond donors (Lipinski definition) is 1. The first-order valence-corrected chi connectivity index (χ1v) is 4.42. The molecule has 0 unspecified atom stereocenters. The lowest BCUT2D eigenvalue weighted by Gasteiger charge is -2.15. The Labute approximate surface area is 90.9 Å². The summed E-state index contributed by atoms with van der Waals surface area (Å²) in [5.74, 6) is 0. The third-order valence-electron chi connectivity index (χ3n) is 2.14. The number of benzene rings is 1. The normalized spacial score (nSPS) is 15.9. The summed E-state index contributed by atoms with van der Waals surface area (Å²) in [5.41, 5.74) is 0.685. The smallest absolute Gasteiger partial charge is 0.431 e. The standard InChI is InChI=1S/C10H6N4O2/c11-7-8-2-1-3-9(6-8)14(10(15)16)12-4-5-13-14/h1-6H/p+1. The van der Waals surface area contributed by atoms with E-state index in [1.807, 2.05) is 6.07 Å². The van der Waals surface area contributed by atoms with E-state index in [1.54, 1.807) is 18.2 Å². The first kappa shape index (κ1) is 10.0. The highest BCUT2D eigenvalue weighted by molar-refractivity contribution is 6.18. The largest absolute Gasteiger partial charge is 0.574 e. The summed E-state index contributed by atoms with van der Waals surface area (Å²) >= 11 is 0. The zero-order valence-electron chi connectivity index (χ0n) is 8.11. The molecular formula is C10H7N4O2+. The van der Waals surface area contributed by atoms with Crippen LogP contribution in [-0.2, 0) is 0 Å². The number of rotatable bonds is 1. The monoisotopic (exact) mass is 215 g/mol. The third kappa shape index (κ3) is 1.36. The van der Waals surface area contributed by atoms with Gasteiger partial charge in [-0.2, -0.15) is 10.1 Å². The number of quaternary nitrogens is 1. The SMILES string of the molecule is N#Cc1cccc([N+]2(C(=O)O)N=CC=N2)c1. The Morgan fingerprint density at radius 1 is 1.38 bits per heavy atom. The molecule has 0 spiro atoms. The van der Waals surface area contributed by atoms with E-state index in [9.17, 15) is 4.79 Å². The highest BCUT2D eigenvalue weighted by Crippen LogP contribution is 2.27. The topological polar surface area (TPSA) is 85.8 Å². The van der Waals surface area contributed by atoms with Gasteiger partial charge in [0.15, 0.2) is 0 Å². The third-order valence-corrected chi connectivity index (χ3v) is 2.14. The van der Waals surface area contributed by atoms with Crippen LogP contribution >= 0.6 is 0 Å². The van der Waals surface area contributed by atoms with E-state index < -0.39 is 10.8 Å². The molecule has 6 nitrogen and oxygen atoms in total.